The van der Waals surface area contributed by atoms with Crippen molar-refractivity contribution in [1.82, 2.24) is 9.78 Å². The zero-order valence-corrected chi connectivity index (χ0v) is 10.7. The van der Waals surface area contributed by atoms with Gasteiger partial charge in [-0.05, 0) is 40.1 Å². The molecular formula is C14H10N2O2S. The maximum absolute atomic E-state index is 10.8. The molecule has 0 amide bonds. The minimum Gasteiger partial charge on any atom is -0.478 e. The molecule has 19 heavy (non-hydrogen) atoms. The molecule has 0 aliphatic heterocycles. The molecule has 94 valence electrons. The van der Waals surface area contributed by atoms with Crippen molar-refractivity contribution in [3.8, 4) is 16.8 Å². The summed E-state index contributed by atoms with van der Waals surface area (Å²) in [5, 5.41) is 17.0. The second kappa shape index (κ2) is 4.70. The third-order valence-corrected chi connectivity index (χ3v) is 3.50. The highest BCUT2D eigenvalue weighted by Crippen LogP contribution is 2.23. The number of hydrogen-bond acceptors (Lipinski definition) is 3. The number of benzene rings is 1. The average Bonchev–Trinajstić information content (AvgIpc) is 3.11. The van der Waals surface area contributed by atoms with Gasteiger partial charge in [0.25, 0.3) is 0 Å². The Morgan fingerprint density at radius 1 is 1.16 bits per heavy atom. The van der Waals surface area contributed by atoms with Crippen molar-refractivity contribution < 1.29 is 9.90 Å². The van der Waals surface area contributed by atoms with Gasteiger partial charge in [0.1, 0.15) is 0 Å². The molecule has 0 saturated heterocycles. The lowest BCUT2D eigenvalue weighted by molar-refractivity contribution is 0.0697. The summed E-state index contributed by atoms with van der Waals surface area (Å²) in [5.41, 5.74) is 3.34. The number of aromatic carboxylic acids is 1. The lowest BCUT2D eigenvalue weighted by Gasteiger charge is -2.02. The van der Waals surface area contributed by atoms with Crippen LogP contribution in [-0.4, -0.2) is 20.9 Å². The Hall–Kier alpha value is -2.40. The third kappa shape index (κ3) is 2.28. The van der Waals surface area contributed by atoms with Gasteiger partial charge in [0.2, 0.25) is 0 Å². The van der Waals surface area contributed by atoms with Crippen molar-refractivity contribution in [1.29, 1.82) is 0 Å². The maximum Gasteiger partial charge on any atom is 0.338 e. The fourth-order valence-corrected chi connectivity index (χ4v) is 2.47. The van der Waals surface area contributed by atoms with Gasteiger partial charge in [-0.25, -0.2) is 9.48 Å². The van der Waals surface area contributed by atoms with Crippen LogP contribution in [0.4, 0.5) is 0 Å². The first kappa shape index (κ1) is 11.7. The number of aromatic nitrogens is 2. The first-order valence-corrected chi connectivity index (χ1v) is 6.59. The molecule has 0 bridgehead atoms. The van der Waals surface area contributed by atoms with Crippen LogP contribution in [-0.2, 0) is 0 Å². The van der Waals surface area contributed by atoms with E-state index in [1.807, 2.05) is 29.6 Å². The topological polar surface area (TPSA) is 55.1 Å². The van der Waals surface area contributed by atoms with Crippen molar-refractivity contribution in [3.63, 3.8) is 0 Å². The van der Waals surface area contributed by atoms with E-state index < -0.39 is 5.97 Å². The summed E-state index contributed by atoms with van der Waals surface area (Å²) in [6.45, 7) is 0. The van der Waals surface area contributed by atoms with Gasteiger partial charge in [0, 0.05) is 6.20 Å². The zero-order valence-electron chi connectivity index (χ0n) is 9.85. The van der Waals surface area contributed by atoms with E-state index in [0.717, 1.165) is 11.3 Å². The SMILES string of the molecule is O=C(O)c1cnn(-c2ccc(-c3ccsc3)cc2)c1. The van der Waals surface area contributed by atoms with Crippen LogP contribution < -0.4 is 0 Å². The van der Waals surface area contributed by atoms with Crippen molar-refractivity contribution in [2.75, 3.05) is 0 Å². The number of carboxylic acids is 1. The molecule has 0 radical (unpaired) electrons. The predicted molar refractivity (Wildman–Crippen MR) is 73.8 cm³/mol. The summed E-state index contributed by atoms with van der Waals surface area (Å²) in [4.78, 5) is 10.8. The van der Waals surface area contributed by atoms with E-state index in [1.165, 1.54) is 18.0 Å². The van der Waals surface area contributed by atoms with Crippen molar-refractivity contribution in [3.05, 3.63) is 59.0 Å². The molecular weight excluding hydrogens is 260 g/mol. The standard InChI is InChI=1S/C14H10N2O2S/c17-14(18)12-7-15-16(8-12)13-3-1-10(2-4-13)11-5-6-19-9-11/h1-9H,(H,17,18). The summed E-state index contributed by atoms with van der Waals surface area (Å²) < 4.78 is 1.56. The molecule has 0 saturated carbocycles. The fraction of sp³-hybridized carbons (Fsp3) is 0. The van der Waals surface area contributed by atoms with Gasteiger partial charge in [0.05, 0.1) is 17.4 Å². The quantitative estimate of drug-likeness (QED) is 0.794. The number of carboxylic acid groups (broad SMARTS) is 1. The van der Waals surface area contributed by atoms with E-state index >= 15 is 0 Å². The molecule has 5 heteroatoms. The van der Waals surface area contributed by atoms with E-state index in [2.05, 4.69) is 16.5 Å². The van der Waals surface area contributed by atoms with Gasteiger partial charge < -0.3 is 5.11 Å². The summed E-state index contributed by atoms with van der Waals surface area (Å²) >= 11 is 1.66. The van der Waals surface area contributed by atoms with Crippen LogP contribution in [0.2, 0.25) is 0 Å². The van der Waals surface area contributed by atoms with Crippen molar-refractivity contribution in [2.45, 2.75) is 0 Å². The lowest BCUT2D eigenvalue weighted by atomic mass is 10.1. The van der Waals surface area contributed by atoms with E-state index in [1.54, 1.807) is 16.0 Å². The average molecular weight is 270 g/mol. The minimum absolute atomic E-state index is 0.182. The molecule has 3 rings (SSSR count). The lowest BCUT2D eigenvalue weighted by Crippen LogP contribution is -1.95. The maximum atomic E-state index is 10.8. The van der Waals surface area contributed by atoms with Crippen LogP contribution in [0.1, 0.15) is 10.4 Å². The first-order valence-electron chi connectivity index (χ1n) is 5.65. The highest BCUT2D eigenvalue weighted by atomic mass is 32.1. The van der Waals surface area contributed by atoms with Crippen LogP contribution in [0.25, 0.3) is 16.8 Å². The van der Waals surface area contributed by atoms with Crippen LogP contribution >= 0.6 is 11.3 Å². The Morgan fingerprint density at radius 2 is 1.95 bits per heavy atom. The highest BCUT2D eigenvalue weighted by molar-refractivity contribution is 7.08. The number of nitrogens with zero attached hydrogens (tertiary/aromatic N) is 2. The molecule has 1 N–H and O–H groups in total. The van der Waals surface area contributed by atoms with Crippen molar-refractivity contribution in [2.24, 2.45) is 0 Å². The number of carbonyl (C=O) groups is 1. The Morgan fingerprint density at radius 3 is 2.53 bits per heavy atom. The highest BCUT2D eigenvalue weighted by Gasteiger charge is 2.07. The molecule has 0 fully saturated rings. The molecule has 2 aromatic heterocycles. The third-order valence-electron chi connectivity index (χ3n) is 2.82. The summed E-state index contributed by atoms with van der Waals surface area (Å²) in [5.74, 6) is -0.971. The molecule has 3 aromatic rings. The second-order valence-electron chi connectivity index (χ2n) is 4.04. The van der Waals surface area contributed by atoms with Crippen LogP contribution in [0, 0.1) is 0 Å². The van der Waals surface area contributed by atoms with Gasteiger partial charge in [-0.2, -0.15) is 16.4 Å². The summed E-state index contributed by atoms with van der Waals surface area (Å²) in [6, 6.07) is 9.91. The van der Waals surface area contributed by atoms with Gasteiger partial charge in [-0.3, -0.25) is 0 Å². The summed E-state index contributed by atoms with van der Waals surface area (Å²) in [6.07, 6.45) is 2.84. The van der Waals surface area contributed by atoms with Gasteiger partial charge >= 0.3 is 5.97 Å². The van der Waals surface area contributed by atoms with E-state index in [9.17, 15) is 4.79 Å². The number of thiophene rings is 1. The first-order chi connectivity index (χ1) is 9.24. The molecule has 0 spiro atoms. The molecule has 0 unspecified atom stereocenters. The molecule has 2 heterocycles. The minimum atomic E-state index is -0.971. The van der Waals surface area contributed by atoms with Crippen LogP contribution in [0.15, 0.2) is 53.5 Å². The Balaban J connectivity index is 1.91. The Bertz CT molecular complexity index is 699. The molecule has 4 nitrogen and oxygen atoms in total. The monoisotopic (exact) mass is 270 g/mol. The second-order valence-corrected chi connectivity index (χ2v) is 4.82. The van der Waals surface area contributed by atoms with Gasteiger partial charge in [-0.15, -0.1) is 0 Å². The normalized spacial score (nSPS) is 10.5. The van der Waals surface area contributed by atoms with E-state index in [4.69, 9.17) is 5.11 Å². The molecule has 1 aromatic carbocycles. The largest absolute Gasteiger partial charge is 0.478 e. The van der Waals surface area contributed by atoms with E-state index in [0.29, 0.717) is 0 Å². The molecule has 0 aliphatic rings. The Kier molecular flexibility index (Phi) is 2.89. The number of hydrogen-bond donors (Lipinski definition) is 1. The molecule has 0 atom stereocenters. The predicted octanol–water partition coefficient (Wildman–Crippen LogP) is 3.30. The van der Waals surface area contributed by atoms with Crippen LogP contribution in [0.3, 0.4) is 0 Å². The Labute approximate surface area is 113 Å². The summed E-state index contributed by atoms with van der Waals surface area (Å²) in [7, 11) is 0. The molecule has 0 aliphatic carbocycles. The van der Waals surface area contributed by atoms with Crippen molar-refractivity contribution >= 4 is 17.3 Å². The fourth-order valence-electron chi connectivity index (χ4n) is 1.81. The van der Waals surface area contributed by atoms with Gasteiger partial charge in [0.15, 0.2) is 0 Å². The van der Waals surface area contributed by atoms with E-state index in [-0.39, 0.29) is 5.56 Å². The zero-order chi connectivity index (χ0) is 13.2. The van der Waals surface area contributed by atoms with Crippen LogP contribution in [0.5, 0.6) is 0 Å². The smallest absolute Gasteiger partial charge is 0.338 e. The number of rotatable bonds is 3. The van der Waals surface area contributed by atoms with Gasteiger partial charge in [-0.1, -0.05) is 12.1 Å².